The fraction of sp³-hybridized carbons (Fsp3) is 0.636. The van der Waals surface area contributed by atoms with E-state index in [1.165, 1.54) is 12.4 Å². The number of halogens is 1. The highest BCUT2D eigenvalue weighted by Crippen LogP contribution is 2.17. The van der Waals surface area contributed by atoms with Gasteiger partial charge >= 0.3 is 0 Å². The predicted octanol–water partition coefficient (Wildman–Crippen LogP) is 1.60. The lowest BCUT2D eigenvalue weighted by Gasteiger charge is -2.30. The van der Waals surface area contributed by atoms with Crippen molar-refractivity contribution in [3.63, 3.8) is 0 Å². The topological polar surface area (TPSA) is 49.2 Å². The van der Waals surface area contributed by atoms with Crippen LogP contribution in [0, 0.1) is 5.95 Å². The summed E-state index contributed by atoms with van der Waals surface area (Å²) in [6.45, 7) is 4.62. The van der Waals surface area contributed by atoms with Crippen LogP contribution in [0.25, 0.3) is 0 Å². The molecule has 0 amide bonds. The van der Waals surface area contributed by atoms with Crippen LogP contribution >= 0.6 is 0 Å². The maximum Gasteiger partial charge on any atom is 0.218 e. The third-order valence-corrected chi connectivity index (χ3v) is 2.64. The highest BCUT2D eigenvalue weighted by molar-refractivity contribution is 5.38. The predicted molar refractivity (Wildman–Crippen MR) is 60.8 cm³/mol. The van der Waals surface area contributed by atoms with Crippen molar-refractivity contribution in [3.8, 4) is 0 Å². The Morgan fingerprint density at radius 2 is 2.06 bits per heavy atom. The number of hydrogen-bond acceptors (Lipinski definition) is 4. The van der Waals surface area contributed by atoms with Gasteiger partial charge in [-0.2, -0.15) is 4.39 Å². The van der Waals surface area contributed by atoms with Gasteiger partial charge in [-0.25, -0.2) is 9.97 Å². The van der Waals surface area contributed by atoms with Crippen LogP contribution in [0.1, 0.15) is 26.7 Å². The fourth-order valence-corrected chi connectivity index (χ4v) is 1.80. The summed E-state index contributed by atoms with van der Waals surface area (Å²) >= 11 is 0. The van der Waals surface area contributed by atoms with E-state index in [-0.39, 0.29) is 12.6 Å². The highest BCUT2D eigenvalue weighted by atomic mass is 19.1. The molecule has 90 valence electrons. The molecule has 0 atom stereocenters. The van der Waals surface area contributed by atoms with E-state index in [0.717, 1.165) is 12.8 Å². The Bertz CT molecular complexity index is 318. The minimum Gasteiger partial charge on any atom is -0.395 e. The molecule has 0 aliphatic carbocycles. The molecule has 0 bridgehead atoms. The Morgan fingerprint density at radius 1 is 1.38 bits per heavy atom. The molecule has 16 heavy (non-hydrogen) atoms. The molecule has 0 saturated carbocycles. The Balaban J connectivity index is 2.91. The quantitative estimate of drug-likeness (QED) is 0.750. The van der Waals surface area contributed by atoms with Crippen LogP contribution in [-0.4, -0.2) is 34.3 Å². The summed E-state index contributed by atoms with van der Waals surface area (Å²) < 4.78 is 13.0. The second-order valence-corrected chi connectivity index (χ2v) is 3.59. The zero-order valence-corrected chi connectivity index (χ0v) is 9.73. The largest absolute Gasteiger partial charge is 0.395 e. The van der Waals surface area contributed by atoms with Crippen LogP contribution in [0.15, 0.2) is 12.4 Å². The minimum atomic E-state index is -0.543. The molecule has 0 radical (unpaired) electrons. The van der Waals surface area contributed by atoms with Crippen molar-refractivity contribution in [1.29, 1.82) is 0 Å². The fourth-order valence-electron chi connectivity index (χ4n) is 1.80. The Morgan fingerprint density at radius 3 is 2.56 bits per heavy atom. The van der Waals surface area contributed by atoms with Crippen molar-refractivity contribution in [2.75, 3.05) is 18.1 Å². The van der Waals surface area contributed by atoms with Gasteiger partial charge in [-0.15, -0.1) is 0 Å². The first-order chi connectivity index (χ1) is 7.72. The van der Waals surface area contributed by atoms with Crippen molar-refractivity contribution >= 4 is 5.82 Å². The molecule has 1 aromatic heterocycles. The Hall–Kier alpha value is -1.23. The molecule has 0 saturated heterocycles. The van der Waals surface area contributed by atoms with Gasteiger partial charge < -0.3 is 10.0 Å². The average molecular weight is 227 g/mol. The maximum atomic E-state index is 13.0. The molecule has 0 aliphatic heterocycles. The molecule has 0 unspecified atom stereocenters. The Kier molecular flexibility index (Phi) is 5.11. The zero-order valence-electron chi connectivity index (χ0n) is 9.73. The first-order valence-electron chi connectivity index (χ1n) is 5.57. The number of hydrogen-bond donors (Lipinski definition) is 1. The second-order valence-electron chi connectivity index (χ2n) is 3.59. The minimum absolute atomic E-state index is 0.0299. The average Bonchev–Trinajstić information content (AvgIpc) is 2.29. The number of aliphatic hydroxyl groups is 1. The standard InChI is InChI=1S/C11H18FN3O/c1-3-9(4-2)15(5-6-16)11-7-10(12)13-8-14-11/h7-9,16H,3-6H2,1-2H3. The molecule has 1 rings (SSSR count). The van der Waals surface area contributed by atoms with Gasteiger partial charge in [0.2, 0.25) is 5.95 Å². The lowest BCUT2D eigenvalue weighted by atomic mass is 10.1. The van der Waals surface area contributed by atoms with E-state index in [2.05, 4.69) is 23.8 Å². The van der Waals surface area contributed by atoms with E-state index in [1.807, 2.05) is 4.90 Å². The molecule has 0 aromatic carbocycles. The number of nitrogens with zero attached hydrogens (tertiary/aromatic N) is 3. The van der Waals surface area contributed by atoms with E-state index in [9.17, 15) is 4.39 Å². The second kappa shape index (κ2) is 6.37. The van der Waals surface area contributed by atoms with Gasteiger partial charge in [-0.05, 0) is 12.8 Å². The van der Waals surface area contributed by atoms with Gasteiger partial charge in [0.15, 0.2) is 0 Å². The molecule has 1 heterocycles. The number of aromatic nitrogens is 2. The normalized spacial score (nSPS) is 10.8. The van der Waals surface area contributed by atoms with E-state index in [1.54, 1.807) is 0 Å². The van der Waals surface area contributed by atoms with Crippen LogP contribution in [0.3, 0.4) is 0 Å². The van der Waals surface area contributed by atoms with Crippen molar-refractivity contribution in [1.82, 2.24) is 9.97 Å². The van der Waals surface area contributed by atoms with Crippen LogP contribution in [0.4, 0.5) is 10.2 Å². The summed E-state index contributed by atoms with van der Waals surface area (Å²) in [5.74, 6) is -0.00542. The molecule has 5 heteroatoms. The maximum absolute atomic E-state index is 13.0. The number of aliphatic hydroxyl groups excluding tert-OH is 1. The van der Waals surface area contributed by atoms with E-state index in [0.29, 0.717) is 12.4 Å². The summed E-state index contributed by atoms with van der Waals surface area (Å²) in [5.41, 5.74) is 0. The van der Waals surface area contributed by atoms with Crippen LogP contribution < -0.4 is 4.90 Å². The molecule has 4 nitrogen and oxygen atoms in total. The first-order valence-corrected chi connectivity index (χ1v) is 5.57. The molecule has 1 aromatic rings. The van der Waals surface area contributed by atoms with Crippen LogP contribution in [0.2, 0.25) is 0 Å². The lowest BCUT2D eigenvalue weighted by molar-refractivity contribution is 0.295. The van der Waals surface area contributed by atoms with Gasteiger partial charge in [-0.1, -0.05) is 13.8 Å². The number of anilines is 1. The highest BCUT2D eigenvalue weighted by Gasteiger charge is 2.16. The van der Waals surface area contributed by atoms with Gasteiger partial charge in [0.05, 0.1) is 6.61 Å². The SMILES string of the molecule is CCC(CC)N(CCO)c1cc(F)ncn1. The van der Waals surface area contributed by atoms with Crippen molar-refractivity contribution < 1.29 is 9.50 Å². The first kappa shape index (κ1) is 12.8. The summed E-state index contributed by atoms with van der Waals surface area (Å²) in [7, 11) is 0. The summed E-state index contributed by atoms with van der Waals surface area (Å²) in [5, 5.41) is 9.03. The van der Waals surface area contributed by atoms with Gasteiger partial charge in [0.1, 0.15) is 12.1 Å². The third-order valence-electron chi connectivity index (χ3n) is 2.64. The monoisotopic (exact) mass is 227 g/mol. The van der Waals surface area contributed by atoms with Gasteiger partial charge in [-0.3, -0.25) is 0 Å². The van der Waals surface area contributed by atoms with E-state index < -0.39 is 5.95 Å². The van der Waals surface area contributed by atoms with Gasteiger partial charge in [0.25, 0.3) is 0 Å². The lowest BCUT2D eigenvalue weighted by Crippen LogP contribution is -2.37. The molecule has 1 N–H and O–H groups in total. The summed E-state index contributed by atoms with van der Waals surface area (Å²) in [6, 6.07) is 1.56. The zero-order chi connectivity index (χ0) is 12.0. The van der Waals surface area contributed by atoms with E-state index in [4.69, 9.17) is 5.11 Å². The Labute approximate surface area is 95.1 Å². The number of rotatable bonds is 6. The van der Waals surface area contributed by atoms with Gasteiger partial charge in [0, 0.05) is 18.7 Å². The van der Waals surface area contributed by atoms with E-state index >= 15 is 0 Å². The van der Waals surface area contributed by atoms with Crippen molar-refractivity contribution in [2.24, 2.45) is 0 Å². The summed E-state index contributed by atoms with van der Waals surface area (Å²) in [4.78, 5) is 9.39. The summed E-state index contributed by atoms with van der Waals surface area (Å²) in [6.07, 6.45) is 3.07. The third kappa shape index (κ3) is 3.13. The van der Waals surface area contributed by atoms with Crippen molar-refractivity contribution in [3.05, 3.63) is 18.3 Å². The molecule has 0 spiro atoms. The molecular weight excluding hydrogens is 209 g/mol. The molecule has 0 aliphatic rings. The molecular formula is C11H18FN3O. The smallest absolute Gasteiger partial charge is 0.218 e. The van der Waals surface area contributed by atoms with Crippen molar-refractivity contribution in [2.45, 2.75) is 32.7 Å². The van der Waals surface area contributed by atoms with Crippen LogP contribution in [0.5, 0.6) is 0 Å². The molecule has 0 fully saturated rings. The van der Waals surface area contributed by atoms with Crippen LogP contribution in [-0.2, 0) is 0 Å².